The third kappa shape index (κ3) is 11.3. The van der Waals surface area contributed by atoms with Crippen LogP contribution in [0.15, 0.2) is 0 Å². The van der Waals surface area contributed by atoms with E-state index < -0.39 is 97.4 Å². The van der Waals surface area contributed by atoms with E-state index in [9.17, 15) is 37.8 Å². The Bertz CT molecular complexity index is 1150. The minimum atomic E-state index is -4.77. The molecular formula is C24H48O16P4. The Balaban J connectivity index is 1.59. The maximum Gasteiger partial charge on any atom is 0.472 e. The molecule has 3 aliphatic rings. The number of hydrogen-bond donors (Lipinski definition) is 4. The van der Waals surface area contributed by atoms with Crippen LogP contribution >= 0.6 is 30.6 Å². The number of ether oxygens (including phenoxy) is 3. The molecule has 44 heavy (non-hydrogen) atoms. The molecule has 3 rings (SSSR count). The molecule has 3 heterocycles. The minimum absolute atomic E-state index is 0.115. The zero-order chi connectivity index (χ0) is 33.3. The van der Waals surface area contributed by atoms with Gasteiger partial charge < -0.3 is 47.4 Å². The monoisotopic (exact) mass is 716 g/mol. The van der Waals surface area contributed by atoms with Gasteiger partial charge in [0, 0.05) is 19.3 Å². The summed E-state index contributed by atoms with van der Waals surface area (Å²) < 4.78 is 94.4. The molecule has 0 aliphatic carbocycles. The van der Waals surface area contributed by atoms with Gasteiger partial charge in [0.05, 0.1) is 73.4 Å². The summed E-state index contributed by atoms with van der Waals surface area (Å²) in [7, 11) is -17.0. The van der Waals surface area contributed by atoms with E-state index in [4.69, 9.17) is 36.8 Å². The van der Waals surface area contributed by atoms with E-state index >= 15 is 0 Å². The topological polar surface area (TPSA) is 223 Å². The maximum absolute atomic E-state index is 13.2. The predicted molar refractivity (Wildman–Crippen MR) is 158 cm³/mol. The third-order valence-electron chi connectivity index (χ3n) is 7.55. The van der Waals surface area contributed by atoms with E-state index in [0.717, 1.165) is 0 Å². The second-order valence-corrected chi connectivity index (χ2v) is 20.3. The van der Waals surface area contributed by atoms with Crippen molar-refractivity contribution in [2.75, 3.05) is 19.4 Å². The molecule has 4 N–H and O–H groups in total. The predicted octanol–water partition coefficient (Wildman–Crippen LogP) is 4.18. The Kier molecular flexibility index (Phi) is 13.5. The van der Waals surface area contributed by atoms with Crippen molar-refractivity contribution in [3.63, 3.8) is 0 Å². The standard InChI is InChI=1S/C24H48O16P4/c1-14(2)42(27,28)33-11-22-19(8-16(5)35-22)38-41(25,26)13-24-21(10-18(7)37-24)40-44(31,32)34-12-23-20(9-17(6)36-23)39-43(29,30)15(3)4/h14-24H,8-13H2,1-7H3,(H,25,26)(H,27,28)(H,29,30)(H,31,32)/t16-,17-,18-,19-,20-,21-,22+,23?,24?/m0/s1. The molecule has 3 fully saturated rings. The van der Waals surface area contributed by atoms with Gasteiger partial charge in [-0.3, -0.25) is 22.7 Å². The van der Waals surface area contributed by atoms with E-state index in [0.29, 0.717) is 0 Å². The molecule has 20 heteroatoms. The van der Waals surface area contributed by atoms with E-state index in [-0.39, 0.29) is 38.1 Å². The van der Waals surface area contributed by atoms with Crippen LogP contribution in [0.3, 0.4) is 0 Å². The van der Waals surface area contributed by atoms with Crippen LogP contribution in [-0.2, 0) is 55.1 Å². The van der Waals surface area contributed by atoms with Crippen molar-refractivity contribution in [1.29, 1.82) is 0 Å². The zero-order valence-electron chi connectivity index (χ0n) is 26.1. The number of phosphoric ester groups is 1. The third-order valence-corrected chi connectivity index (χ3v) is 13.7. The van der Waals surface area contributed by atoms with Crippen LogP contribution in [0.25, 0.3) is 0 Å². The number of phosphoric acid groups is 1. The molecule has 0 aromatic carbocycles. The highest BCUT2D eigenvalue weighted by Gasteiger charge is 2.47. The van der Waals surface area contributed by atoms with Gasteiger partial charge in [0.1, 0.15) is 12.2 Å². The summed E-state index contributed by atoms with van der Waals surface area (Å²) in [6.07, 6.45) is -6.94. The summed E-state index contributed by atoms with van der Waals surface area (Å²) >= 11 is 0. The fraction of sp³-hybridized carbons (Fsp3) is 1.00. The molecule has 3 aliphatic heterocycles. The summed E-state index contributed by atoms with van der Waals surface area (Å²) in [6, 6.07) is 0. The van der Waals surface area contributed by atoms with E-state index in [1.54, 1.807) is 20.8 Å². The molecular weight excluding hydrogens is 668 g/mol. The first kappa shape index (κ1) is 38.9. The highest BCUT2D eigenvalue weighted by Crippen LogP contribution is 2.54. The van der Waals surface area contributed by atoms with Crippen molar-refractivity contribution in [1.82, 2.24) is 0 Å². The fourth-order valence-corrected chi connectivity index (χ4v) is 9.02. The molecule has 16 nitrogen and oxygen atoms in total. The number of hydrogen-bond acceptors (Lipinski definition) is 12. The van der Waals surface area contributed by atoms with Crippen molar-refractivity contribution < 1.29 is 74.7 Å². The second-order valence-electron chi connectivity index (χ2n) is 12.3. The minimum Gasteiger partial charge on any atom is -0.372 e. The molecule has 0 aromatic rings. The van der Waals surface area contributed by atoms with Crippen molar-refractivity contribution in [3.8, 4) is 0 Å². The molecule has 0 radical (unpaired) electrons. The van der Waals surface area contributed by atoms with Crippen molar-refractivity contribution in [2.24, 2.45) is 0 Å². The van der Waals surface area contributed by atoms with Crippen LogP contribution in [0, 0.1) is 0 Å². The highest BCUT2D eigenvalue weighted by molar-refractivity contribution is 7.54. The molecule has 0 saturated carbocycles. The van der Waals surface area contributed by atoms with E-state index in [1.165, 1.54) is 27.7 Å². The lowest BCUT2D eigenvalue weighted by Gasteiger charge is -2.27. The average Bonchev–Trinajstić information content (AvgIpc) is 3.50. The first-order chi connectivity index (χ1) is 20.1. The van der Waals surface area contributed by atoms with Crippen LogP contribution in [0.2, 0.25) is 0 Å². The Hall–Kier alpha value is 0.440. The van der Waals surface area contributed by atoms with Crippen LogP contribution in [-0.4, -0.2) is 105 Å². The summed E-state index contributed by atoms with van der Waals surface area (Å²) in [6.45, 7) is 10.5. The molecule has 3 saturated heterocycles. The van der Waals surface area contributed by atoms with Crippen molar-refractivity contribution in [3.05, 3.63) is 0 Å². The lowest BCUT2D eigenvalue weighted by Crippen LogP contribution is -2.32. The first-order valence-electron chi connectivity index (χ1n) is 14.7. The molecule has 260 valence electrons. The fourth-order valence-electron chi connectivity index (χ4n) is 5.04. The normalized spacial score (nSPS) is 38.4. The molecule has 6 unspecified atom stereocenters. The highest BCUT2D eigenvalue weighted by atomic mass is 31.2. The Morgan fingerprint density at radius 3 is 1.50 bits per heavy atom. The number of rotatable bonds is 16. The van der Waals surface area contributed by atoms with Crippen LogP contribution in [0.4, 0.5) is 0 Å². The molecule has 0 bridgehead atoms. The summed E-state index contributed by atoms with van der Waals surface area (Å²) in [5, 5.41) is 0. The Morgan fingerprint density at radius 2 is 1.02 bits per heavy atom. The van der Waals surface area contributed by atoms with Crippen molar-refractivity contribution in [2.45, 2.75) is 134 Å². The molecule has 0 spiro atoms. The first-order valence-corrected chi connectivity index (χ1v) is 21.2. The van der Waals surface area contributed by atoms with Gasteiger partial charge in [0.25, 0.3) is 0 Å². The largest absolute Gasteiger partial charge is 0.472 e. The quantitative estimate of drug-likeness (QED) is 0.164. The lowest BCUT2D eigenvalue weighted by molar-refractivity contribution is -0.0232. The lowest BCUT2D eigenvalue weighted by atomic mass is 10.1. The van der Waals surface area contributed by atoms with Crippen LogP contribution < -0.4 is 0 Å². The molecule has 0 aromatic heterocycles. The van der Waals surface area contributed by atoms with Crippen molar-refractivity contribution >= 4 is 30.6 Å². The SMILES string of the molecule is CC(C)P(=O)(O)OC[C@H]1O[C@@H](C)C[C@@H]1OP(=O)(O)CC1O[C@@H](C)C[C@@H]1OP(=O)(O)OCC1O[C@@H](C)C[C@@H]1OP(=O)(O)C(C)C. The van der Waals surface area contributed by atoms with E-state index in [2.05, 4.69) is 0 Å². The van der Waals surface area contributed by atoms with Gasteiger partial charge in [-0.05, 0) is 20.8 Å². The molecule has 13 atom stereocenters. The summed E-state index contributed by atoms with van der Waals surface area (Å²) in [4.78, 5) is 41.3. The van der Waals surface area contributed by atoms with Gasteiger partial charge >= 0.3 is 30.6 Å². The van der Waals surface area contributed by atoms with Gasteiger partial charge in [-0.2, -0.15) is 0 Å². The van der Waals surface area contributed by atoms with Crippen LogP contribution in [0.1, 0.15) is 67.7 Å². The summed E-state index contributed by atoms with van der Waals surface area (Å²) in [5.41, 5.74) is -1.31. The Morgan fingerprint density at radius 1 is 0.614 bits per heavy atom. The van der Waals surface area contributed by atoms with Gasteiger partial charge in [0.2, 0.25) is 0 Å². The molecule has 0 amide bonds. The smallest absolute Gasteiger partial charge is 0.372 e. The van der Waals surface area contributed by atoms with Crippen LogP contribution in [0.5, 0.6) is 0 Å². The second kappa shape index (κ2) is 15.3. The van der Waals surface area contributed by atoms with Gasteiger partial charge in [-0.15, -0.1) is 0 Å². The zero-order valence-corrected chi connectivity index (χ0v) is 29.6. The Labute approximate surface area is 258 Å². The van der Waals surface area contributed by atoms with Gasteiger partial charge in [-0.25, -0.2) is 4.57 Å². The summed E-state index contributed by atoms with van der Waals surface area (Å²) in [5.74, 6) is 0. The maximum atomic E-state index is 13.2. The van der Waals surface area contributed by atoms with Gasteiger partial charge in [-0.1, -0.05) is 27.7 Å². The van der Waals surface area contributed by atoms with Gasteiger partial charge in [0.15, 0.2) is 0 Å². The van der Waals surface area contributed by atoms with E-state index in [1.807, 2.05) is 0 Å². The average molecular weight is 717 g/mol.